The summed E-state index contributed by atoms with van der Waals surface area (Å²) in [6, 6.07) is 22.7. The number of nitrogens with zero attached hydrogens (tertiary/aromatic N) is 2. The first-order valence-electron chi connectivity index (χ1n) is 10.9. The minimum Gasteiger partial charge on any atom is -0.508 e. The Kier molecular flexibility index (Phi) is 7.15. The number of phenolic OH excluding ortho intramolecular Hbond substituents is 1. The van der Waals surface area contributed by atoms with Gasteiger partial charge in [-0.1, -0.05) is 41.9 Å². The summed E-state index contributed by atoms with van der Waals surface area (Å²) in [4.78, 5) is 30.3. The lowest BCUT2D eigenvalue weighted by Gasteiger charge is -2.37. The molecule has 4 rings (SSSR count). The predicted molar refractivity (Wildman–Crippen MR) is 130 cm³/mol. The van der Waals surface area contributed by atoms with Crippen molar-refractivity contribution in [3.05, 3.63) is 95.0 Å². The highest BCUT2D eigenvalue weighted by atomic mass is 35.5. The number of phenols is 1. The second-order valence-corrected chi connectivity index (χ2v) is 8.49. The van der Waals surface area contributed by atoms with E-state index in [1.165, 1.54) is 0 Å². The standard InChI is InChI=1S/C26H26ClN3O3/c27-21-8-6-20(7-9-21)25(32)28-24(18-19-4-2-1-3-5-19)26(33)30-16-14-29(15-17-30)22-10-12-23(31)13-11-22/h1-13,24,31H,14-18H2,(H,28,32). The molecule has 0 aromatic heterocycles. The Bertz CT molecular complexity index is 1080. The Morgan fingerprint density at radius 1 is 0.879 bits per heavy atom. The highest BCUT2D eigenvalue weighted by Gasteiger charge is 2.29. The van der Waals surface area contributed by atoms with Gasteiger partial charge in [-0.2, -0.15) is 0 Å². The van der Waals surface area contributed by atoms with Gasteiger partial charge in [-0.05, 0) is 54.1 Å². The number of carbonyl (C=O) groups is 2. The van der Waals surface area contributed by atoms with E-state index in [2.05, 4.69) is 10.2 Å². The molecule has 2 N–H and O–H groups in total. The summed E-state index contributed by atoms with van der Waals surface area (Å²) in [5.41, 5.74) is 2.45. The monoisotopic (exact) mass is 463 g/mol. The van der Waals surface area contributed by atoms with Crippen molar-refractivity contribution in [3.8, 4) is 5.75 Å². The summed E-state index contributed by atoms with van der Waals surface area (Å²) in [6.07, 6.45) is 0.414. The molecule has 0 spiro atoms. The van der Waals surface area contributed by atoms with Gasteiger partial charge >= 0.3 is 0 Å². The molecule has 1 aliphatic heterocycles. The highest BCUT2D eigenvalue weighted by Crippen LogP contribution is 2.20. The van der Waals surface area contributed by atoms with E-state index in [1.807, 2.05) is 47.4 Å². The third-order valence-electron chi connectivity index (χ3n) is 5.80. The van der Waals surface area contributed by atoms with Gasteiger partial charge < -0.3 is 20.2 Å². The summed E-state index contributed by atoms with van der Waals surface area (Å²) < 4.78 is 0. The first kappa shape index (κ1) is 22.7. The molecule has 0 bridgehead atoms. The van der Waals surface area contributed by atoms with Gasteiger partial charge in [-0.3, -0.25) is 9.59 Å². The third kappa shape index (κ3) is 5.84. The Labute approximate surface area is 198 Å². The van der Waals surface area contributed by atoms with Crippen LogP contribution in [0.25, 0.3) is 0 Å². The third-order valence-corrected chi connectivity index (χ3v) is 6.05. The molecule has 0 saturated carbocycles. The van der Waals surface area contributed by atoms with Crippen LogP contribution in [0.15, 0.2) is 78.9 Å². The number of rotatable bonds is 6. The molecule has 33 heavy (non-hydrogen) atoms. The number of nitrogens with one attached hydrogen (secondary N) is 1. The van der Waals surface area contributed by atoms with Crippen molar-refractivity contribution in [2.24, 2.45) is 0 Å². The Hall–Kier alpha value is -3.51. The average Bonchev–Trinajstić information content (AvgIpc) is 2.85. The summed E-state index contributed by atoms with van der Waals surface area (Å²) >= 11 is 5.94. The Morgan fingerprint density at radius 3 is 2.15 bits per heavy atom. The van der Waals surface area contributed by atoms with Gasteiger partial charge in [0.25, 0.3) is 5.91 Å². The van der Waals surface area contributed by atoms with Gasteiger partial charge in [0.05, 0.1) is 0 Å². The van der Waals surface area contributed by atoms with Crippen LogP contribution in [0.1, 0.15) is 15.9 Å². The zero-order chi connectivity index (χ0) is 23.2. The van der Waals surface area contributed by atoms with E-state index in [9.17, 15) is 14.7 Å². The fraction of sp³-hybridized carbons (Fsp3) is 0.231. The topological polar surface area (TPSA) is 72.9 Å². The van der Waals surface area contributed by atoms with Crippen LogP contribution in [0.5, 0.6) is 5.75 Å². The van der Waals surface area contributed by atoms with E-state index >= 15 is 0 Å². The average molecular weight is 464 g/mol. The van der Waals surface area contributed by atoms with Crippen molar-refractivity contribution in [1.29, 1.82) is 0 Å². The molecule has 6 nitrogen and oxygen atoms in total. The van der Waals surface area contributed by atoms with Gasteiger partial charge in [0, 0.05) is 48.9 Å². The molecule has 0 radical (unpaired) electrons. The maximum atomic E-state index is 13.4. The van der Waals surface area contributed by atoms with E-state index in [1.54, 1.807) is 36.4 Å². The van der Waals surface area contributed by atoms with Gasteiger partial charge in [-0.25, -0.2) is 0 Å². The van der Waals surface area contributed by atoms with Crippen molar-refractivity contribution in [3.63, 3.8) is 0 Å². The van der Waals surface area contributed by atoms with Crippen LogP contribution in [0.2, 0.25) is 5.02 Å². The lowest BCUT2D eigenvalue weighted by Crippen LogP contribution is -2.55. The molecule has 1 aliphatic rings. The number of benzene rings is 3. The molecule has 2 amide bonds. The molecular formula is C26H26ClN3O3. The minimum atomic E-state index is -0.671. The number of halogens is 1. The molecule has 1 fully saturated rings. The van der Waals surface area contributed by atoms with Crippen LogP contribution in [0.3, 0.4) is 0 Å². The van der Waals surface area contributed by atoms with Crippen molar-refractivity contribution < 1.29 is 14.7 Å². The number of anilines is 1. The van der Waals surface area contributed by atoms with E-state index in [4.69, 9.17) is 11.6 Å². The molecule has 1 atom stereocenters. The molecule has 0 aliphatic carbocycles. The van der Waals surface area contributed by atoms with Gasteiger partial charge in [0.2, 0.25) is 5.91 Å². The SMILES string of the molecule is O=C(NC(Cc1ccccc1)C(=O)N1CCN(c2ccc(O)cc2)CC1)c1ccc(Cl)cc1. The van der Waals surface area contributed by atoms with Gasteiger partial charge in [0.1, 0.15) is 11.8 Å². The second kappa shape index (κ2) is 10.4. The van der Waals surface area contributed by atoms with E-state index in [0.717, 1.165) is 11.3 Å². The van der Waals surface area contributed by atoms with Crippen LogP contribution in [-0.4, -0.2) is 54.0 Å². The van der Waals surface area contributed by atoms with Crippen molar-refractivity contribution in [2.45, 2.75) is 12.5 Å². The van der Waals surface area contributed by atoms with Crippen molar-refractivity contribution in [1.82, 2.24) is 10.2 Å². The summed E-state index contributed by atoms with van der Waals surface area (Å²) in [5.74, 6) is -0.164. The number of carbonyl (C=O) groups excluding carboxylic acids is 2. The largest absolute Gasteiger partial charge is 0.508 e. The van der Waals surface area contributed by atoms with Gasteiger partial charge in [0.15, 0.2) is 0 Å². The first-order chi connectivity index (χ1) is 16.0. The highest BCUT2D eigenvalue weighted by molar-refractivity contribution is 6.30. The van der Waals surface area contributed by atoms with Crippen LogP contribution >= 0.6 is 11.6 Å². The van der Waals surface area contributed by atoms with Crippen LogP contribution in [0, 0.1) is 0 Å². The predicted octanol–water partition coefficient (Wildman–Crippen LogP) is 3.74. The van der Waals surface area contributed by atoms with E-state index in [-0.39, 0.29) is 17.6 Å². The quantitative estimate of drug-likeness (QED) is 0.584. The lowest BCUT2D eigenvalue weighted by atomic mass is 10.0. The van der Waals surface area contributed by atoms with E-state index < -0.39 is 6.04 Å². The molecular weight excluding hydrogens is 438 g/mol. The maximum Gasteiger partial charge on any atom is 0.251 e. The molecule has 7 heteroatoms. The minimum absolute atomic E-state index is 0.0912. The summed E-state index contributed by atoms with van der Waals surface area (Å²) in [6.45, 7) is 2.48. The van der Waals surface area contributed by atoms with Crippen LogP contribution < -0.4 is 10.2 Å². The number of hydrogen-bond donors (Lipinski definition) is 2. The smallest absolute Gasteiger partial charge is 0.251 e. The van der Waals surface area contributed by atoms with Crippen molar-refractivity contribution >= 4 is 29.1 Å². The molecule has 1 unspecified atom stereocenters. The molecule has 1 saturated heterocycles. The molecule has 3 aromatic rings. The fourth-order valence-corrected chi connectivity index (χ4v) is 4.09. The fourth-order valence-electron chi connectivity index (χ4n) is 3.96. The zero-order valence-corrected chi connectivity index (χ0v) is 18.9. The normalized spacial score (nSPS) is 14.6. The van der Waals surface area contributed by atoms with Crippen LogP contribution in [-0.2, 0) is 11.2 Å². The first-order valence-corrected chi connectivity index (χ1v) is 11.3. The number of aromatic hydroxyl groups is 1. The molecule has 170 valence electrons. The number of amides is 2. The van der Waals surface area contributed by atoms with Gasteiger partial charge in [-0.15, -0.1) is 0 Å². The second-order valence-electron chi connectivity index (χ2n) is 8.05. The summed E-state index contributed by atoms with van der Waals surface area (Å²) in [7, 11) is 0. The maximum absolute atomic E-state index is 13.4. The van der Waals surface area contributed by atoms with E-state index in [0.29, 0.717) is 43.2 Å². The van der Waals surface area contributed by atoms with Crippen LogP contribution in [0.4, 0.5) is 5.69 Å². The zero-order valence-electron chi connectivity index (χ0n) is 18.2. The summed E-state index contributed by atoms with van der Waals surface area (Å²) in [5, 5.41) is 13.0. The van der Waals surface area contributed by atoms with Crippen molar-refractivity contribution in [2.75, 3.05) is 31.1 Å². The number of piperazine rings is 1. The Morgan fingerprint density at radius 2 is 1.52 bits per heavy atom. The molecule has 1 heterocycles. The number of hydrogen-bond acceptors (Lipinski definition) is 4. The lowest BCUT2D eigenvalue weighted by molar-refractivity contribution is -0.133. The Balaban J connectivity index is 1.45. The molecule has 3 aromatic carbocycles.